The first-order valence-electron chi connectivity index (χ1n) is 13.6. The fourth-order valence-corrected chi connectivity index (χ4v) is 12.6. The van der Waals surface area contributed by atoms with Gasteiger partial charge in [-0.05, 0) is 60.5 Å². The lowest BCUT2D eigenvalue weighted by Crippen LogP contribution is -2.56. The Morgan fingerprint density at radius 3 is 2.35 bits per heavy atom. The molecule has 5 atom stereocenters. The van der Waals surface area contributed by atoms with E-state index in [1.807, 2.05) is 13.0 Å². The van der Waals surface area contributed by atoms with Crippen LogP contribution in [0.15, 0.2) is 27.7 Å². The average molecular weight is 531 g/mol. The topological polar surface area (TPSA) is 95.2 Å². The number of rotatable bonds is 6. The van der Waals surface area contributed by atoms with E-state index in [-0.39, 0.29) is 17.9 Å². The van der Waals surface area contributed by atoms with Crippen molar-refractivity contribution in [1.82, 2.24) is 0 Å². The predicted molar refractivity (Wildman–Crippen MR) is 144 cm³/mol. The lowest BCUT2D eigenvalue weighted by Gasteiger charge is -2.52. The first-order valence-corrected chi connectivity index (χ1v) is 15.7. The van der Waals surface area contributed by atoms with Crippen molar-refractivity contribution < 1.29 is 33.0 Å². The third-order valence-electron chi connectivity index (χ3n) is 8.69. The zero-order valence-electron chi connectivity index (χ0n) is 23.4. The number of hydrogen-bond acceptors (Lipinski definition) is 7. The highest BCUT2D eigenvalue weighted by molar-refractivity contribution is 6.77. The van der Waals surface area contributed by atoms with Crippen LogP contribution in [-0.2, 0) is 18.7 Å². The number of aliphatic hydroxyl groups excluding tert-OH is 1. The van der Waals surface area contributed by atoms with Crippen LogP contribution in [0, 0.1) is 5.92 Å². The van der Waals surface area contributed by atoms with E-state index in [4.69, 9.17) is 18.3 Å². The molecule has 0 saturated heterocycles. The third-order valence-corrected chi connectivity index (χ3v) is 14.8. The Balaban J connectivity index is 1.77. The van der Waals surface area contributed by atoms with Crippen LogP contribution in [0.1, 0.15) is 95.5 Å². The van der Waals surface area contributed by atoms with Crippen LogP contribution in [0.5, 0.6) is 0 Å². The van der Waals surface area contributed by atoms with Gasteiger partial charge in [0, 0.05) is 18.4 Å². The van der Waals surface area contributed by atoms with Crippen molar-refractivity contribution in [2.24, 2.45) is 5.92 Å². The normalized spacial score (nSPS) is 29.4. The maximum Gasteiger partial charge on any atom is 0.341 e. The van der Waals surface area contributed by atoms with Crippen molar-refractivity contribution in [3.8, 4) is 0 Å². The van der Waals surface area contributed by atoms with Crippen LogP contribution < -0.4 is 0 Å². The summed E-state index contributed by atoms with van der Waals surface area (Å²) in [6.45, 7) is 15.5. The minimum Gasteiger partial charge on any atom is -0.465 e. The molecule has 8 heteroatoms. The van der Waals surface area contributed by atoms with Crippen LogP contribution in [0.3, 0.4) is 0 Å². The number of fused-ring (bicyclic) bond motifs is 5. The van der Waals surface area contributed by atoms with Crippen LogP contribution >= 0.6 is 0 Å². The van der Waals surface area contributed by atoms with Crippen LogP contribution in [-0.4, -0.2) is 50.8 Å². The Bertz CT molecular complexity index is 1070. The Labute approximate surface area is 221 Å². The molecular formula is C29H42O7Si. The fraction of sp³-hybridized carbons (Fsp3) is 0.655. The van der Waals surface area contributed by atoms with Crippen molar-refractivity contribution in [1.29, 1.82) is 0 Å². The number of furan rings is 1. The second-order valence-corrected chi connectivity index (χ2v) is 17.3. The number of esters is 2. The molecule has 0 amide bonds. The Kier molecular flexibility index (Phi) is 7.94. The monoisotopic (exact) mass is 530 g/mol. The maximum atomic E-state index is 12.7. The van der Waals surface area contributed by atoms with Crippen molar-refractivity contribution in [2.45, 2.75) is 109 Å². The minimum absolute atomic E-state index is 0.103. The summed E-state index contributed by atoms with van der Waals surface area (Å²) in [5.74, 6) is -0.0141. The summed E-state index contributed by atoms with van der Waals surface area (Å²) in [6.07, 6.45) is 3.60. The van der Waals surface area contributed by atoms with Crippen LogP contribution in [0.4, 0.5) is 0 Å². The molecule has 0 unspecified atom stereocenters. The molecule has 1 aromatic heterocycles. The lowest BCUT2D eigenvalue weighted by atomic mass is 9.66. The quantitative estimate of drug-likeness (QED) is 0.349. The summed E-state index contributed by atoms with van der Waals surface area (Å²) in [7, 11) is -0.834. The molecule has 3 aliphatic rings. The largest absolute Gasteiger partial charge is 0.465 e. The van der Waals surface area contributed by atoms with E-state index in [1.54, 1.807) is 12.1 Å². The van der Waals surface area contributed by atoms with Crippen LogP contribution in [0.2, 0.25) is 16.6 Å². The summed E-state index contributed by atoms with van der Waals surface area (Å²) in [6, 6.07) is 1.73. The molecule has 0 radical (unpaired) electrons. The minimum atomic E-state index is -2.20. The highest BCUT2D eigenvalue weighted by Gasteiger charge is 2.54. The summed E-state index contributed by atoms with van der Waals surface area (Å²) >= 11 is 0. The van der Waals surface area contributed by atoms with E-state index in [1.165, 1.54) is 7.11 Å². The van der Waals surface area contributed by atoms with Gasteiger partial charge in [-0.25, -0.2) is 9.59 Å². The van der Waals surface area contributed by atoms with E-state index in [9.17, 15) is 14.7 Å². The van der Waals surface area contributed by atoms with Gasteiger partial charge in [-0.2, -0.15) is 0 Å². The number of hydrogen-bond donors (Lipinski definition) is 1. The number of carbonyl (C=O) groups excluding carboxylic acids is 2. The molecule has 1 aliphatic carbocycles. The molecule has 3 heterocycles. The molecule has 7 nitrogen and oxygen atoms in total. The van der Waals surface area contributed by atoms with Gasteiger partial charge in [0.2, 0.25) is 8.32 Å². The molecule has 1 aromatic rings. The van der Waals surface area contributed by atoms with Gasteiger partial charge < -0.3 is 23.4 Å². The third kappa shape index (κ3) is 5.00. The Hall–Kier alpha value is -2.16. The van der Waals surface area contributed by atoms with Gasteiger partial charge in [-0.15, -0.1) is 0 Å². The zero-order chi connectivity index (χ0) is 27.2. The van der Waals surface area contributed by atoms with Crippen LogP contribution in [0.25, 0.3) is 6.08 Å². The van der Waals surface area contributed by atoms with E-state index in [0.29, 0.717) is 58.5 Å². The molecule has 1 N–H and O–H groups in total. The SMILES string of the molecule is COC(=O)c1cc2oc1[C@H]1C[C@H](O[Si](C(C)C)(C(C)C)C(C)C)[C@@H]1C[C@H](O)C1=C[C@H](C/C(C)=C\2)OC1=O. The predicted octanol–water partition coefficient (Wildman–Crippen LogP) is 6.14. The Morgan fingerprint density at radius 1 is 1.11 bits per heavy atom. The molecule has 0 aromatic carbocycles. The average Bonchev–Trinajstić information content (AvgIpc) is 3.37. The highest BCUT2D eigenvalue weighted by Crippen LogP contribution is 2.53. The van der Waals surface area contributed by atoms with Gasteiger partial charge in [0.25, 0.3) is 0 Å². The van der Waals surface area contributed by atoms with Crippen molar-refractivity contribution in [3.05, 3.63) is 40.4 Å². The molecular weight excluding hydrogens is 488 g/mol. The number of methoxy groups -OCH3 is 1. The lowest BCUT2D eigenvalue weighted by molar-refractivity contribution is -0.140. The standard InChI is InChI=1S/C29H42O7Si/c1-15(2)37(16(3)4,17(5)6)36-26-14-22-21(26)13-25(30)23-11-20(35-29(23)32)10-18(7)9-19-12-24(27(22)34-19)28(31)33-8/h9,11-12,15-17,20-22,25-26,30H,10,13-14H2,1-8H3/b18-9-/t20-,21+,22-,25-,26-/m0/s1. The molecule has 1 saturated carbocycles. The van der Waals surface area contributed by atoms with E-state index in [2.05, 4.69) is 41.5 Å². The second-order valence-electron chi connectivity index (χ2n) is 11.9. The summed E-state index contributed by atoms with van der Waals surface area (Å²) in [5, 5.41) is 11.3. The van der Waals surface area contributed by atoms with Gasteiger partial charge >= 0.3 is 11.9 Å². The first-order chi connectivity index (χ1) is 17.4. The smallest absolute Gasteiger partial charge is 0.341 e. The van der Waals surface area contributed by atoms with E-state index >= 15 is 0 Å². The van der Waals surface area contributed by atoms with Crippen molar-refractivity contribution >= 4 is 26.3 Å². The molecule has 204 valence electrons. The van der Waals surface area contributed by atoms with Gasteiger partial charge in [-0.3, -0.25) is 0 Å². The molecule has 4 bridgehead atoms. The van der Waals surface area contributed by atoms with Crippen molar-refractivity contribution in [3.63, 3.8) is 0 Å². The fourth-order valence-electron chi connectivity index (χ4n) is 6.99. The number of carbonyl (C=O) groups is 2. The molecule has 1 fully saturated rings. The molecule has 4 rings (SSSR count). The summed E-state index contributed by atoms with van der Waals surface area (Å²) in [4.78, 5) is 25.4. The first kappa shape index (κ1) is 27.9. The number of aliphatic hydroxyl groups is 1. The van der Waals surface area contributed by atoms with E-state index in [0.717, 1.165) is 5.57 Å². The van der Waals surface area contributed by atoms with Crippen molar-refractivity contribution in [2.75, 3.05) is 7.11 Å². The highest BCUT2D eigenvalue weighted by atomic mass is 28.4. The summed E-state index contributed by atoms with van der Waals surface area (Å²) < 4.78 is 24.1. The molecule has 37 heavy (non-hydrogen) atoms. The maximum absolute atomic E-state index is 12.7. The van der Waals surface area contributed by atoms with Gasteiger partial charge in [0.05, 0.1) is 18.8 Å². The zero-order valence-corrected chi connectivity index (χ0v) is 24.4. The summed E-state index contributed by atoms with van der Waals surface area (Å²) in [5.41, 5.74) is 2.90. The van der Waals surface area contributed by atoms with Gasteiger partial charge in [-0.1, -0.05) is 47.1 Å². The van der Waals surface area contributed by atoms with Gasteiger partial charge in [0.15, 0.2) is 0 Å². The molecule has 2 aliphatic heterocycles. The number of ether oxygens (including phenoxy) is 2. The van der Waals surface area contributed by atoms with Gasteiger partial charge in [0.1, 0.15) is 23.2 Å². The van der Waals surface area contributed by atoms with E-state index < -0.39 is 32.5 Å². The second kappa shape index (κ2) is 10.5. The molecule has 0 spiro atoms. The Morgan fingerprint density at radius 2 is 1.76 bits per heavy atom.